The van der Waals surface area contributed by atoms with Crippen LogP contribution in [0.4, 0.5) is 0 Å². The molecule has 0 spiro atoms. The van der Waals surface area contributed by atoms with Gasteiger partial charge in [-0.05, 0) is 20.8 Å². The van der Waals surface area contributed by atoms with Gasteiger partial charge >= 0.3 is 0 Å². The van der Waals surface area contributed by atoms with E-state index in [4.69, 9.17) is 10.00 Å². The molecule has 0 rings (SSSR count). The van der Waals surface area contributed by atoms with Gasteiger partial charge in [-0.3, -0.25) is 0 Å². The van der Waals surface area contributed by atoms with E-state index in [1.807, 2.05) is 13.0 Å². The zero-order valence-electron chi connectivity index (χ0n) is 7.70. The lowest BCUT2D eigenvalue weighted by Crippen LogP contribution is -2.35. The molecule has 4 nitrogen and oxygen atoms in total. The molecule has 0 aromatic rings. The summed E-state index contributed by atoms with van der Waals surface area (Å²) in [6, 6.07) is 2.01. The average Bonchev–Trinajstić information content (AvgIpc) is 1.99. The van der Waals surface area contributed by atoms with Crippen molar-refractivity contribution in [2.24, 2.45) is 11.1 Å². The van der Waals surface area contributed by atoms with Crippen molar-refractivity contribution in [3.8, 4) is 6.07 Å². The van der Waals surface area contributed by atoms with E-state index in [1.54, 1.807) is 13.8 Å². The summed E-state index contributed by atoms with van der Waals surface area (Å²) in [6.45, 7) is 5.95. The summed E-state index contributed by atoms with van der Waals surface area (Å²) in [5, 5.41) is 11.4. The molecule has 12 heavy (non-hydrogen) atoms. The highest BCUT2D eigenvalue weighted by Crippen LogP contribution is 2.20. The highest BCUT2D eigenvalue weighted by molar-refractivity contribution is 4.96. The minimum atomic E-state index is -0.586. The Morgan fingerprint density at radius 1 is 1.67 bits per heavy atom. The Bertz CT molecular complexity index is 184. The molecule has 0 saturated heterocycles. The number of hydrogen-bond donors (Lipinski definition) is 0. The quantitative estimate of drug-likeness (QED) is 0.590. The Balaban J connectivity index is 4.27. The van der Waals surface area contributed by atoms with Gasteiger partial charge in [0.15, 0.2) is 0 Å². The predicted octanol–water partition coefficient (Wildman–Crippen LogP) is 1.71. The van der Waals surface area contributed by atoms with Crippen molar-refractivity contribution < 1.29 is 4.74 Å². The first-order valence-electron chi connectivity index (χ1n) is 3.91. The van der Waals surface area contributed by atoms with Crippen molar-refractivity contribution in [2.75, 3.05) is 13.2 Å². The van der Waals surface area contributed by atoms with E-state index in [0.29, 0.717) is 6.61 Å². The van der Waals surface area contributed by atoms with E-state index in [2.05, 4.69) is 5.18 Å². The van der Waals surface area contributed by atoms with Gasteiger partial charge < -0.3 is 4.74 Å². The molecular weight excluding hydrogens is 156 g/mol. The second-order valence-electron chi connectivity index (χ2n) is 3.03. The van der Waals surface area contributed by atoms with Crippen LogP contribution in [0.1, 0.15) is 20.8 Å². The number of nitroso groups, excluding NO2 is 1. The van der Waals surface area contributed by atoms with Crippen molar-refractivity contribution in [2.45, 2.75) is 26.4 Å². The van der Waals surface area contributed by atoms with Gasteiger partial charge in [-0.25, -0.2) is 0 Å². The van der Waals surface area contributed by atoms with Crippen molar-refractivity contribution >= 4 is 0 Å². The Hall–Kier alpha value is -0.950. The molecule has 0 aliphatic heterocycles. The lowest BCUT2D eigenvalue weighted by molar-refractivity contribution is -0.0359. The van der Waals surface area contributed by atoms with Crippen LogP contribution in [0.3, 0.4) is 0 Å². The number of rotatable bonds is 5. The maximum atomic E-state index is 9.97. The lowest BCUT2D eigenvalue weighted by atomic mass is 9.92. The van der Waals surface area contributed by atoms with Crippen LogP contribution >= 0.6 is 0 Å². The fourth-order valence-corrected chi connectivity index (χ4v) is 0.963. The average molecular weight is 170 g/mol. The third kappa shape index (κ3) is 2.97. The summed E-state index contributed by atoms with van der Waals surface area (Å²) in [4.78, 5) is 9.97. The number of ether oxygens (including phenoxy) is 1. The topological polar surface area (TPSA) is 62.4 Å². The first kappa shape index (κ1) is 11.1. The van der Waals surface area contributed by atoms with Gasteiger partial charge in [0, 0.05) is 6.61 Å². The van der Waals surface area contributed by atoms with Crippen LogP contribution in [0.5, 0.6) is 0 Å². The second kappa shape index (κ2) is 4.83. The van der Waals surface area contributed by atoms with Gasteiger partial charge in [-0.1, -0.05) is 5.18 Å². The molecule has 0 amide bonds. The second-order valence-corrected chi connectivity index (χ2v) is 3.03. The highest BCUT2D eigenvalue weighted by Gasteiger charge is 2.30. The number of nitrogens with zero attached hydrogens (tertiary/aromatic N) is 2. The molecule has 0 aliphatic rings. The molecule has 68 valence electrons. The van der Waals surface area contributed by atoms with Crippen LogP contribution in [0.2, 0.25) is 0 Å². The van der Waals surface area contributed by atoms with Crippen molar-refractivity contribution in [1.82, 2.24) is 0 Å². The van der Waals surface area contributed by atoms with Gasteiger partial charge in [0.2, 0.25) is 0 Å². The van der Waals surface area contributed by atoms with Crippen molar-refractivity contribution in [3.05, 3.63) is 4.91 Å². The predicted molar refractivity (Wildman–Crippen MR) is 45.5 cm³/mol. The molecule has 0 fully saturated rings. The first-order valence-corrected chi connectivity index (χ1v) is 3.91. The maximum absolute atomic E-state index is 9.97. The molecule has 0 bridgehead atoms. The molecule has 0 aliphatic carbocycles. The minimum absolute atomic E-state index is 0.0104. The highest BCUT2D eigenvalue weighted by atomic mass is 16.5. The molecule has 1 atom stereocenters. The summed E-state index contributed by atoms with van der Waals surface area (Å²) in [6.07, 6.45) is 0. The fourth-order valence-electron chi connectivity index (χ4n) is 0.963. The maximum Gasteiger partial charge on any atom is 0.0997 e. The van der Waals surface area contributed by atoms with Crippen molar-refractivity contribution in [3.63, 3.8) is 0 Å². The molecule has 0 saturated carbocycles. The standard InChI is InChI=1S/C8H14N2O2/c1-4-12-8(2,3)7(5-9)6-10-11/h7H,4,6H2,1-3H3. The Kier molecular flexibility index (Phi) is 4.45. The van der Waals surface area contributed by atoms with Gasteiger partial charge in [0.1, 0.15) is 0 Å². The molecule has 0 heterocycles. The van der Waals surface area contributed by atoms with E-state index < -0.39 is 11.5 Å². The number of hydrogen-bond acceptors (Lipinski definition) is 4. The van der Waals surface area contributed by atoms with Crippen LogP contribution in [0.25, 0.3) is 0 Å². The Morgan fingerprint density at radius 2 is 2.25 bits per heavy atom. The molecule has 4 heteroatoms. The summed E-state index contributed by atoms with van der Waals surface area (Å²) < 4.78 is 5.31. The van der Waals surface area contributed by atoms with Crippen molar-refractivity contribution in [1.29, 1.82) is 5.26 Å². The summed E-state index contributed by atoms with van der Waals surface area (Å²) >= 11 is 0. The zero-order valence-corrected chi connectivity index (χ0v) is 7.70. The van der Waals surface area contributed by atoms with Crippen LogP contribution in [-0.4, -0.2) is 18.8 Å². The van der Waals surface area contributed by atoms with Gasteiger partial charge in [0.25, 0.3) is 0 Å². The van der Waals surface area contributed by atoms with Gasteiger partial charge in [-0.2, -0.15) is 10.2 Å². The summed E-state index contributed by atoms with van der Waals surface area (Å²) in [7, 11) is 0. The van der Waals surface area contributed by atoms with E-state index in [0.717, 1.165) is 0 Å². The normalized spacial score (nSPS) is 13.5. The first-order chi connectivity index (χ1) is 5.58. The zero-order chi connectivity index (χ0) is 9.61. The summed E-state index contributed by atoms with van der Waals surface area (Å²) in [5.41, 5.74) is -0.586. The largest absolute Gasteiger partial charge is 0.374 e. The lowest BCUT2D eigenvalue weighted by Gasteiger charge is -2.27. The molecular formula is C8H14N2O2. The number of nitriles is 1. The third-order valence-corrected chi connectivity index (χ3v) is 1.77. The minimum Gasteiger partial charge on any atom is -0.374 e. The molecule has 0 aromatic carbocycles. The molecule has 0 N–H and O–H groups in total. The molecule has 0 radical (unpaired) electrons. The van der Waals surface area contributed by atoms with Crippen LogP contribution in [0.15, 0.2) is 5.18 Å². The molecule has 1 unspecified atom stereocenters. The van der Waals surface area contributed by atoms with Gasteiger partial charge in [0.05, 0.1) is 24.1 Å². The molecule has 0 aromatic heterocycles. The van der Waals surface area contributed by atoms with E-state index in [1.165, 1.54) is 0 Å². The third-order valence-electron chi connectivity index (χ3n) is 1.77. The SMILES string of the molecule is CCOC(C)(C)C(C#N)CN=O. The van der Waals surface area contributed by atoms with Gasteiger partial charge in [-0.15, -0.1) is 0 Å². The van der Waals surface area contributed by atoms with Crippen LogP contribution in [-0.2, 0) is 4.74 Å². The smallest absolute Gasteiger partial charge is 0.0997 e. The van der Waals surface area contributed by atoms with Crippen LogP contribution in [0, 0.1) is 22.2 Å². The Labute approximate surface area is 72.5 Å². The Morgan fingerprint density at radius 3 is 2.58 bits per heavy atom. The monoisotopic (exact) mass is 170 g/mol. The summed E-state index contributed by atoms with van der Waals surface area (Å²) in [5.74, 6) is -0.463. The van der Waals surface area contributed by atoms with E-state index in [-0.39, 0.29) is 6.54 Å². The van der Waals surface area contributed by atoms with Crippen LogP contribution < -0.4 is 0 Å². The van der Waals surface area contributed by atoms with E-state index in [9.17, 15) is 4.91 Å². The van der Waals surface area contributed by atoms with E-state index >= 15 is 0 Å². The fraction of sp³-hybridized carbons (Fsp3) is 0.875.